The Morgan fingerprint density at radius 2 is 1.86 bits per heavy atom. The highest BCUT2D eigenvalue weighted by molar-refractivity contribution is 5.92. The van der Waals surface area contributed by atoms with Gasteiger partial charge in [0, 0.05) is 18.5 Å². The van der Waals surface area contributed by atoms with Gasteiger partial charge in [-0.05, 0) is 42.8 Å². The molecule has 0 aliphatic rings. The lowest BCUT2D eigenvalue weighted by molar-refractivity contribution is -0.147. The van der Waals surface area contributed by atoms with E-state index in [1.54, 1.807) is 49.6 Å². The molecule has 8 nitrogen and oxygen atoms in total. The molecule has 0 unspecified atom stereocenters. The van der Waals surface area contributed by atoms with E-state index in [1.807, 2.05) is 6.07 Å². The van der Waals surface area contributed by atoms with Gasteiger partial charge in [0.25, 0.3) is 11.5 Å². The number of anilines is 1. The van der Waals surface area contributed by atoms with Crippen molar-refractivity contribution in [2.24, 2.45) is 0 Å². The van der Waals surface area contributed by atoms with Crippen LogP contribution in [0.5, 0.6) is 5.75 Å². The molecule has 1 amide bonds. The molecule has 3 aromatic rings. The summed E-state index contributed by atoms with van der Waals surface area (Å²) in [7, 11) is 1.56. The topological polar surface area (TPSA) is 110 Å². The summed E-state index contributed by atoms with van der Waals surface area (Å²) < 4.78 is 10.0. The predicted molar refractivity (Wildman–Crippen MR) is 108 cm³/mol. The number of benzene rings is 2. The van der Waals surface area contributed by atoms with Crippen molar-refractivity contribution in [3.05, 3.63) is 64.7 Å². The van der Waals surface area contributed by atoms with Crippen LogP contribution in [0.3, 0.4) is 0 Å². The average molecular weight is 395 g/mol. The molecule has 29 heavy (non-hydrogen) atoms. The van der Waals surface area contributed by atoms with Crippen LogP contribution < -0.4 is 15.6 Å². The molecular formula is C21H21N3O5. The van der Waals surface area contributed by atoms with E-state index in [1.165, 1.54) is 0 Å². The minimum atomic E-state index is -0.488. The molecule has 1 aromatic heterocycles. The Labute approximate surface area is 166 Å². The second-order valence-electron chi connectivity index (χ2n) is 6.32. The van der Waals surface area contributed by atoms with Crippen LogP contribution in [0.25, 0.3) is 10.9 Å². The van der Waals surface area contributed by atoms with Gasteiger partial charge in [0.2, 0.25) is 0 Å². The summed E-state index contributed by atoms with van der Waals surface area (Å²) in [5.41, 5.74) is 0.991. The smallest absolute Gasteiger partial charge is 0.306 e. The Balaban J connectivity index is 1.41. The monoisotopic (exact) mass is 395 g/mol. The van der Waals surface area contributed by atoms with E-state index in [9.17, 15) is 14.4 Å². The Hall–Kier alpha value is -3.68. The van der Waals surface area contributed by atoms with Crippen molar-refractivity contribution in [2.75, 3.05) is 19.0 Å². The van der Waals surface area contributed by atoms with Gasteiger partial charge in [-0.2, -0.15) is 0 Å². The maximum absolute atomic E-state index is 12.0. The minimum Gasteiger partial charge on any atom is -0.497 e. The van der Waals surface area contributed by atoms with E-state index >= 15 is 0 Å². The lowest BCUT2D eigenvalue weighted by Gasteiger charge is -2.07. The minimum absolute atomic E-state index is 0.117. The van der Waals surface area contributed by atoms with Crippen molar-refractivity contribution in [3.8, 4) is 5.75 Å². The molecule has 2 N–H and O–H groups in total. The first kappa shape index (κ1) is 20.1. The second-order valence-corrected chi connectivity index (χ2v) is 6.32. The van der Waals surface area contributed by atoms with Gasteiger partial charge in [-0.15, -0.1) is 0 Å². The number of hydrogen-bond acceptors (Lipinski definition) is 6. The number of hydrogen-bond donors (Lipinski definition) is 2. The first-order valence-corrected chi connectivity index (χ1v) is 9.12. The largest absolute Gasteiger partial charge is 0.497 e. The molecule has 0 aliphatic heterocycles. The van der Waals surface area contributed by atoms with Gasteiger partial charge in [0.1, 0.15) is 11.6 Å². The number of rotatable bonds is 8. The van der Waals surface area contributed by atoms with Crippen LogP contribution in [0.1, 0.15) is 18.7 Å². The normalized spacial score (nSPS) is 10.5. The molecule has 1 heterocycles. The number of methoxy groups -OCH3 is 1. The summed E-state index contributed by atoms with van der Waals surface area (Å²) in [6.07, 6.45) is 0.986. The number of nitrogens with zero attached hydrogens (tertiary/aromatic N) is 1. The summed E-state index contributed by atoms with van der Waals surface area (Å²) >= 11 is 0. The zero-order chi connectivity index (χ0) is 20.6. The molecule has 0 fully saturated rings. The Kier molecular flexibility index (Phi) is 6.57. The number of fused-ring (bicyclic) bond motifs is 1. The highest BCUT2D eigenvalue weighted by Crippen LogP contribution is 2.14. The first-order chi connectivity index (χ1) is 14.0. The lowest BCUT2D eigenvalue weighted by Crippen LogP contribution is -2.21. The number of esters is 1. The zero-order valence-electron chi connectivity index (χ0n) is 15.9. The summed E-state index contributed by atoms with van der Waals surface area (Å²) in [6.45, 7) is -0.365. The van der Waals surface area contributed by atoms with Crippen LogP contribution in [0.2, 0.25) is 0 Å². The van der Waals surface area contributed by atoms with Crippen LogP contribution in [0.4, 0.5) is 5.69 Å². The Morgan fingerprint density at radius 1 is 1.10 bits per heavy atom. The first-order valence-electron chi connectivity index (χ1n) is 9.12. The summed E-state index contributed by atoms with van der Waals surface area (Å²) in [5.74, 6) is 0.275. The Morgan fingerprint density at radius 3 is 2.62 bits per heavy atom. The number of H-pyrrole nitrogens is 1. The lowest BCUT2D eigenvalue weighted by atomic mass is 10.2. The quantitative estimate of drug-likeness (QED) is 0.567. The fraction of sp³-hybridized carbons (Fsp3) is 0.238. The molecule has 2 aromatic carbocycles. The van der Waals surface area contributed by atoms with E-state index in [0.717, 1.165) is 0 Å². The van der Waals surface area contributed by atoms with Crippen molar-refractivity contribution in [2.45, 2.75) is 19.3 Å². The molecule has 3 rings (SSSR count). The number of aromatic nitrogens is 2. The number of aryl methyl sites for hydroxylation is 1. The van der Waals surface area contributed by atoms with E-state index in [-0.39, 0.29) is 18.6 Å². The fourth-order valence-corrected chi connectivity index (χ4v) is 2.74. The van der Waals surface area contributed by atoms with Crippen LogP contribution in [0, 0.1) is 0 Å². The summed E-state index contributed by atoms with van der Waals surface area (Å²) in [6, 6.07) is 13.9. The zero-order valence-corrected chi connectivity index (χ0v) is 15.9. The van der Waals surface area contributed by atoms with Gasteiger partial charge >= 0.3 is 5.97 Å². The summed E-state index contributed by atoms with van der Waals surface area (Å²) in [5, 5.41) is 3.16. The van der Waals surface area contributed by atoms with Crippen LogP contribution >= 0.6 is 0 Å². The highest BCUT2D eigenvalue weighted by Gasteiger charge is 2.09. The molecular weight excluding hydrogens is 374 g/mol. The molecule has 0 spiro atoms. The molecule has 0 saturated carbocycles. The maximum atomic E-state index is 12.0. The van der Waals surface area contributed by atoms with E-state index in [4.69, 9.17) is 9.47 Å². The summed E-state index contributed by atoms with van der Waals surface area (Å²) in [4.78, 5) is 42.8. The molecule has 0 radical (unpaired) electrons. The van der Waals surface area contributed by atoms with Crippen molar-refractivity contribution < 1.29 is 19.1 Å². The van der Waals surface area contributed by atoms with E-state index in [0.29, 0.717) is 41.0 Å². The number of amides is 1. The predicted octanol–water partition coefficient (Wildman–Crippen LogP) is 2.44. The van der Waals surface area contributed by atoms with Crippen LogP contribution in [-0.2, 0) is 20.7 Å². The molecule has 150 valence electrons. The molecule has 0 atom stereocenters. The van der Waals surface area contributed by atoms with Gasteiger partial charge in [0.15, 0.2) is 6.61 Å². The van der Waals surface area contributed by atoms with Crippen LogP contribution in [-0.4, -0.2) is 35.6 Å². The number of ether oxygens (including phenoxy) is 2. The van der Waals surface area contributed by atoms with Gasteiger partial charge in [-0.1, -0.05) is 12.1 Å². The van der Waals surface area contributed by atoms with Crippen molar-refractivity contribution in [1.82, 2.24) is 9.97 Å². The van der Waals surface area contributed by atoms with Gasteiger partial charge in [0.05, 0.1) is 18.0 Å². The third kappa shape index (κ3) is 5.65. The number of nitrogens with one attached hydrogen (secondary N) is 2. The maximum Gasteiger partial charge on any atom is 0.306 e. The SMILES string of the molecule is COc1ccc(NC(=O)COC(=O)CCCc2nc3ccccc3c(=O)[nH]2)cc1. The van der Waals surface area contributed by atoms with Gasteiger partial charge in [-0.25, -0.2) is 4.98 Å². The van der Waals surface area contributed by atoms with Crippen molar-refractivity contribution in [1.29, 1.82) is 0 Å². The van der Waals surface area contributed by atoms with Crippen LogP contribution in [0.15, 0.2) is 53.3 Å². The molecule has 0 saturated heterocycles. The van der Waals surface area contributed by atoms with Gasteiger partial charge in [-0.3, -0.25) is 14.4 Å². The number of carbonyl (C=O) groups is 2. The third-order valence-corrected chi connectivity index (χ3v) is 4.19. The van der Waals surface area contributed by atoms with Gasteiger partial charge < -0.3 is 19.8 Å². The Bertz CT molecular complexity index is 1060. The third-order valence-electron chi connectivity index (χ3n) is 4.19. The van der Waals surface area contributed by atoms with E-state index < -0.39 is 11.9 Å². The number of aromatic amines is 1. The number of carbonyl (C=O) groups excluding carboxylic acids is 2. The van der Waals surface area contributed by atoms with Crippen molar-refractivity contribution in [3.63, 3.8) is 0 Å². The standard InChI is InChI=1S/C21H21N3O5/c1-28-15-11-9-14(10-12-15)22-19(25)13-29-20(26)8-4-7-18-23-17-6-3-2-5-16(17)21(27)24-18/h2-3,5-6,9-12H,4,7-8,13H2,1H3,(H,22,25)(H,23,24,27). The van der Waals surface area contributed by atoms with E-state index in [2.05, 4.69) is 15.3 Å². The fourth-order valence-electron chi connectivity index (χ4n) is 2.74. The highest BCUT2D eigenvalue weighted by atomic mass is 16.5. The molecule has 0 aliphatic carbocycles. The second kappa shape index (κ2) is 9.50. The average Bonchev–Trinajstić information content (AvgIpc) is 2.73. The van der Waals surface area contributed by atoms with Crippen molar-refractivity contribution >= 4 is 28.5 Å². The molecule has 8 heteroatoms. The number of para-hydroxylation sites is 1. The molecule has 0 bridgehead atoms.